The Labute approximate surface area is 107 Å². The van der Waals surface area contributed by atoms with Crippen LogP contribution in [0.1, 0.15) is 48.4 Å². The smallest absolute Gasteiger partial charge is 0.343 e. The summed E-state index contributed by atoms with van der Waals surface area (Å²) in [6, 6.07) is 4.88. The summed E-state index contributed by atoms with van der Waals surface area (Å²) >= 11 is 0. The van der Waals surface area contributed by atoms with Gasteiger partial charge in [0.2, 0.25) is 0 Å². The molecule has 1 aromatic carbocycles. The zero-order valence-corrected chi connectivity index (χ0v) is 11.1. The summed E-state index contributed by atoms with van der Waals surface area (Å²) in [7, 11) is 0. The molecule has 0 spiro atoms. The minimum Gasteiger partial charge on any atom is -0.493 e. The van der Waals surface area contributed by atoms with Gasteiger partial charge in [-0.3, -0.25) is 4.79 Å². The zero-order chi connectivity index (χ0) is 13.8. The van der Waals surface area contributed by atoms with Crippen molar-refractivity contribution < 1.29 is 19.1 Å². The van der Waals surface area contributed by atoms with E-state index in [0.29, 0.717) is 18.6 Å². The fourth-order valence-electron chi connectivity index (χ4n) is 1.47. The molecule has 98 valence electrons. The van der Waals surface area contributed by atoms with E-state index in [1.807, 2.05) is 6.92 Å². The number of esters is 1. The molecule has 1 rings (SSSR count). The summed E-state index contributed by atoms with van der Waals surface area (Å²) in [6.45, 7) is 7.54. The van der Waals surface area contributed by atoms with Crippen LogP contribution in [0.15, 0.2) is 18.2 Å². The second-order valence-corrected chi connectivity index (χ2v) is 4.77. The van der Waals surface area contributed by atoms with Crippen molar-refractivity contribution in [1.29, 1.82) is 0 Å². The molecule has 0 aromatic heterocycles. The van der Waals surface area contributed by atoms with E-state index in [4.69, 9.17) is 9.47 Å². The van der Waals surface area contributed by atoms with Gasteiger partial charge in [-0.15, -0.1) is 0 Å². The Hall–Kier alpha value is -1.84. The molecule has 0 heterocycles. The summed E-state index contributed by atoms with van der Waals surface area (Å²) in [5.41, 5.74) is -0.157. The Morgan fingerprint density at radius 1 is 1.33 bits per heavy atom. The molecule has 4 nitrogen and oxygen atoms in total. The minimum atomic E-state index is -0.615. The van der Waals surface area contributed by atoms with Gasteiger partial charge in [0.05, 0.1) is 6.61 Å². The molecule has 0 aliphatic rings. The Morgan fingerprint density at radius 2 is 2.00 bits per heavy atom. The molecular weight excluding hydrogens is 232 g/mol. The van der Waals surface area contributed by atoms with Gasteiger partial charge in [0.1, 0.15) is 16.9 Å². The molecule has 0 atom stereocenters. The number of aldehydes is 1. The molecule has 18 heavy (non-hydrogen) atoms. The van der Waals surface area contributed by atoms with Gasteiger partial charge in [-0.05, 0) is 33.8 Å². The average molecular weight is 250 g/mol. The second-order valence-electron chi connectivity index (χ2n) is 4.77. The summed E-state index contributed by atoms with van der Waals surface area (Å²) in [4.78, 5) is 23.1. The van der Waals surface area contributed by atoms with Crippen LogP contribution in [0.3, 0.4) is 0 Å². The van der Waals surface area contributed by atoms with Crippen LogP contribution in [0.4, 0.5) is 0 Å². The van der Waals surface area contributed by atoms with E-state index in [-0.39, 0.29) is 11.1 Å². The largest absolute Gasteiger partial charge is 0.493 e. The highest BCUT2D eigenvalue weighted by Gasteiger charge is 2.23. The first kappa shape index (κ1) is 14.2. The van der Waals surface area contributed by atoms with Crippen molar-refractivity contribution in [1.82, 2.24) is 0 Å². The molecule has 0 fully saturated rings. The van der Waals surface area contributed by atoms with E-state index >= 15 is 0 Å². The number of rotatable bonds is 4. The number of hydrogen-bond donors (Lipinski definition) is 0. The number of carbonyl (C=O) groups excluding carboxylic acids is 2. The number of ether oxygens (including phenoxy) is 2. The lowest BCUT2D eigenvalue weighted by Crippen LogP contribution is -2.25. The standard InChI is InChI=1S/C14H18O4/c1-5-17-11-8-6-7-10(9-15)12(11)13(16)18-14(2,3)4/h6-9H,5H2,1-4H3. The van der Waals surface area contributed by atoms with Crippen LogP contribution in [0.25, 0.3) is 0 Å². The molecule has 0 N–H and O–H groups in total. The molecule has 0 aliphatic heterocycles. The summed E-state index contributed by atoms with van der Waals surface area (Å²) in [5, 5.41) is 0. The van der Waals surface area contributed by atoms with Crippen molar-refractivity contribution in [3.63, 3.8) is 0 Å². The van der Waals surface area contributed by atoms with E-state index in [9.17, 15) is 9.59 Å². The van der Waals surface area contributed by atoms with Crippen molar-refractivity contribution in [2.24, 2.45) is 0 Å². The zero-order valence-electron chi connectivity index (χ0n) is 11.1. The quantitative estimate of drug-likeness (QED) is 0.609. The normalized spacial score (nSPS) is 10.9. The third kappa shape index (κ3) is 3.58. The van der Waals surface area contributed by atoms with Gasteiger partial charge in [-0.1, -0.05) is 12.1 Å². The van der Waals surface area contributed by atoms with Crippen LogP contribution in [0.5, 0.6) is 5.75 Å². The van der Waals surface area contributed by atoms with Crippen molar-refractivity contribution in [3.8, 4) is 5.75 Å². The van der Waals surface area contributed by atoms with E-state index in [2.05, 4.69) is 0 Å². The van der Waals surface area contributed by atoms with E-state index < -0.39 is 11.6 Å². The maximum absolute atomic E-state index is 12.1. The van der Waals surface area contributed by atoms with Gasteiger partial charge in [0.25, 0.3) is 0 Å². The third-order valence-corrected chi connectivity index (χ3v) is 2.09. The monoisotopic (exact) mass is 250 g/mol. The van der Waals surface area contributed by atoms with Gasteiger partial charge in [0, 0.05) is 5.56 Å². The van der Waals surface area contributed by atoms with Gasteiger partial charge in [0.15, 0.2) is 6.29 Å². The second kappa shape index (κ2) is 5.67. The van der Waals surface area contributed by atoms with Crippen LogP contribution in [-0.2, 0) is 4.74 Å². The van der Waals surface area contributed by atoms with E-state index in [0.717, 1.165) is 0 Å². The molecule has 0 saturated heterocycles. The van der Waals surface area contributed by atoms with Gasteiger partial charge >= 0.3 is 5.97 Å². The molecule has 0 radical (unpaired) electrons. The van der Waals surface area contributed by atoms with Crippen LogP contribution < -0.4 is 4.74 Å². The Bertz CT molecular complexity index is 444. The molecule has 0 unspecified atom stereocenters. The van der Waals surface area contributed by atoms with Gasteiger partial charge < -0.3 is 9.47 Å². The molecule has 0 amide bonds. The molecule has 0 bridgehead atoms. The lowest BCUT2D eigenvalue weighted by molar-refractivity contribution is 0.00647. The van der Waals surface area contributed by atoms with Gasteiger partial charge in [-0.25, -0.2) is 4.79 Å². The number of carbonyl (C=O) groups is 2. The first-order valence-corrected chi connectivity index (χ1v) is 5.83. The van der Waals surface area contributed by atoms with Crippen molar-refractivity contribution in [3.05, 3.63) is 29.3 Å². The molecule has 4 heteroatoms. The predicted octanol–water partition coefficient (Wildman–Crippen LogP) is 2.85. The molecular formula is C14H18O4. The molecule has 0 saturated carbocycles. The maximum atomic E-state index is 12.1. The Morgan fingerprint density at radius 3 is 2.50 bits per heavy atom. The lowest BCUT2D eigenvalue weighted by atomic mass is 10.1. The molecule has 0 aliphatic carbocycles. The van der Waals surface area contributed by atoms with Crippen molar-refractivity contribution in [2.75, 3.05) is 6.61 Å². The van der Waals surface area contributed by atoms with Crippen molar-refractivity contribution >= 4 is 12.3 Å². The molecule has 1 aromatic rings. The summed E-state index contributed by atoms with van der Waals surface area (Å²) < 4.78 is 10.6. The van der Waals surface area contributed by atoms with E-state index in [1.165, 1.54) is 0 Å². The topological polar surface area (TPSA) is 52.6 Å². The minimum absolute atomic E-state index is 0.185. The average Bonchev–Trinajstić information content (AvgIpc) is 2.26. The predicted molar refractivity (Wildman–Crippen MR) is 68.2 cm³/mol. The number of benzene rings is 1. The van der Waals surface area contributed by atoms with Crippen LogP contribution in [0.2, 0.25) is 0 Å². The highest BCUT2D eigenvalue weighted by molar-refractivity contribution is 6.01. The third-order valence-electron chi connectivity index (χ3n) is 2.09. The fourth-order valence-corrected chi connectivity index (χ4v) is 1.47. The number of hydrogen-bond acceptors (Lipinski definition) is 4. The first-order chi connectivity index (χ1) is 8.39. The Kier molecular flexibility index (Phi) is 4.48. The fraction of sp³-hybridized carbons (Fsp3) is 0.429. The lowest BCUT2D eigenvalue weighted by Gasteiger charge is -2.21. The Balaban J connectivity index is 3.18. The summed E-state index contributed by atoms with van der Waals surface area (Å²) in [6.07, 6.45) is 0.627. The highest BCUT2D eigenvalue weighted by Crippen LogP contribution is 2.24. The highest BCUT2D eigenvalue weighted by atomic mass is 16.6. The maximum Gasteiger partial charge on any atom is 0.343 e. The van der Waals surface area contributed by atoms with Crippen LogP contribution in [-0.4, -0.2) is 24.5 Å². The van der Waals surface area contributed by atoms with Crippen molar-refractivity contribution in [2.45, 2.75) is 33.3 Å². The first-order valence-electron chi connectivity index (χ1n) is 5.83. The van der Waals surface area contributed by atoms with E-state index in [1.54, 1.807) is 39.0 Å². The van der Waals surface area contributed by atoms with Crippen LogP contribution >= 0.6 is 0 Å². The van der Waals surface area contributed by atoms with Crippen LogP contribution in [0, 0.1) is 0 Å². The SMILES string of the molecule is CCOc1cccc(C=O)c1C(=O)OC(C)(C)C. The summed E-state index contributed by atoms with van der Waals surface area (Å²) in [5.74, 6) is -0.176. The van der Waals surface area contributed by atoms with Gasteiger partial charge in [-0.2, -0.15) is 0 Å².